The number of hydrogen-bond donors (Lipinski definition) is 2. The Morgan fingerprint density at radius 2 is 1.80 bits per heavy atom. The van der Waals surface area contributed by atoms with Crippen molar-refractivity contribution in [1.82, 2.24) is 0 Å². The molecule has 0 fully saturated rings. The van der Waals surface area contributed by atoms with Crippen LogP contribution in [0.5, 0.6) is 0 Å². The predicted octanol–water partition coefficient (Wildman–Crippen LogP) is 4.34. The lowest BCUT2D eigenvalue weighted by molar-refractivity contribution is 0.262. The van der Waals surface area contributed by atoms with Crippen molar-refractivity contribution in [3.05, 3.63) is 59.4 Å². The van der Waals surface area contributed by atoms with Gasteiger partial charge in [0.15, 0.2) is 0 Å². The lowest BCUT2D eigenvalue weighted by Crippen LogP contribution is -2.20. The third-order valence-electron chi connectivity index (χ3n) is 3.14. The van der Waals surface area contributed by atoms with Crippen LogP contribution in [0.2, 0.25) is 0 Å². The normalized spacial score (nSPS) is 10.2. The molecular weight excluding hydrogens is 255 g/mol. The molecule has 0 saturated carbocycles. The summed E-state index contributed by atoms with van der Waals surface area (Å²) >= 11 is 0. The number of nitrogens with one attached hydrogen (secondary N) is 2. The number of hydrogen-bond acceptors (Lipinski definition) is 1. The van der Waals surface area contributed by atoms with E-state index in [1.165, 1.54) is 11.6 Å². The molecule has 0 radical (unpaired) electrons. The summed E-state index contributed by atoms with van der Waals surface area (Å²) in [6, 6.07) is 11.8. The van der Waals surface area contributed by atoms with Crippen molar-refractivity contribution < 1.29 is 9.18 Å². The molecule has 0 aromatic heterocycles. The largest absolute Gasteiger partial charge is 0.323 e. The maximum Gasteiger partial charge on any atom is 0.323 e. The summed E-state index contributed by atoms with van der Waals surface area (Å²) in [7, 11) is 0. The molecule has 2 N–H and O–H groups in total. The SMILES string of the molecule is CCc1ccc(NC(=O)Nc2cccc(F)c2C)cc1. The van der Waals surface area contributed by atoms with E-state index >= 15 is 0 Å². The van der Waals surface area contributed by atoms with Gasteiger partial charge in [-0.3, -0.25) is 0 Å². The van der Waals surface area contributed by atoms with Gasteiger partial charge in [0.25, 0.3) is 0 Å². The summed E-state index contributed by atoms with van der Waals surface area (Å²) in [5, 5.41) is 5.35. The van der Waals surface area contributed by atoms with Crippen LogP contribution < -0.4 is 10.6 Å². The maximum atomic E-state index is 13.4. The van der Waals surface area contributed by atoms with Crippen molar-refractivity contribution in [2.24, 2.45) is 0 Å². The third kappa shape index (κ3) is 3.35. The van der Waals surface area contributed by atoms with E-state index in [1.807, 2.05) is 24.3 Å². The zero-order valence-electron chi connectivity index (χ0n) is 11.5. The summed E-state index contributed by atoms with van der Waals surface area (Å²) in [5.74, 6) is -0.338. The fourth-order valence-electron chi connectivity index (χ4n) is 1.85. The summed E-state index contributed by atoms with van der Waals surface area (Å²) in [5.41, 5.74) is 2.79. The van der Waals surface area contributed by atoms with Gasteiger partial charge in [0.1, 0.15) is 5.82 Å². The molecule has 2 rings (SSSR count). The number of urea groups is 1. The topological polar surface area (TPSA) is 41.1 Å². The Kier molecular flexibility index (Phi) is 4.35. The van der Waals surface area contributed by atoms with Crippen LogP contribution in [0.25, 0.3) is 0 Å². The maximum absolute atomic E-state index is 13.4. The van der Waals surface area contributed by atoms with Crippen molar-refractivity contribution in [3.8, 4) is 0 Å². The van der Waals surface area contributed by atoms with E-state index in [9.17, 15) is 9.18 Å². The van der Waals surface area contributed by atoms with Gasteiger partial charge in [-0.15, -0.1) is 0 Å². The number of aryl methyl sites for hydroxylation is 1. The number of halogens is 1. The van der Waals surface area contributed by atoms with E-state index in [1.54, 1.807) is 19.1 Å². The minimum atomic E-state index is -0.386. The Morgan fingerprint density at radius 3 is 2.45 bits per heavy atom. The van der Waals surface area contributed by atoms with Crippen molar-refractivity contribution in [2.75, 3.05) is 10.6 Å². The molecule has 0 atom stereocenters. The van der Waals surface area contributed by atoms with Crippen LogP contribution in [-0.4, -0.2) is 6.03 Å². The number of anilines is 2. The highest BCUT2D eigenvalue weighted by molar-refractivity contribution is 6.00. The standard InChI is InChI=1S/C16H17FN2O/c1-3-12-7-9-13(10-8-12)18-16(20)19-15-6-4-5-14(17)11(15)2/h4-10H,3H2,1-2H3,(H2,18,19,20). The van der Waals surface area contributed by atoms with Crippen LogP contribution in [0.15, 0.2) is 42.5 Å². The molecule has 0 aliphatic rings. The molecule has 20 heavy (non-hydrogen) atoms. The van der Waals surface area contributed by atoms with E-state index in [0.29, 0.717) is 16.9 Å². The number of benzene rings is 2. The zero-order valence-corrected chi connectivity index (χ0v) is 11.5. The van der Waals surface area contributed by atoms with Crippen molar-refractivity contribution in [2.45, 2.75) is 20.3 Å². The first-order valence-electron chi connectivity index (χ1n) is 6.52. The van der Waals surface area contributed by atoms with E-state index < -0.39 is 0 Å². The van der Waals surface area contributed by atoms with Crippen LogP contribution in [0.3, 0.4) is 0 Å². The van der Waals surface area contributed by atoms with Crippen LogP contribution in [0.4, 0.5) is 20.6 Å². The number of carbonyl (C=O) groups excluding carboxylic acids is 1. The van der Waals surface area contributed by atoms with Gasteiger partial charge >= 0.3 is 6.03 Å². The Hall–Kier alpha value is -2.36. The molecule has 0 unspecified atom stereocenters. The summed E-state index contributed by atoms with van der Waals surface area (Å²) in [6.45, 7) is 3.70. The average molecular weight is 272 g/mol. The van der Waals surface area contributed by atoms with Gasteiger partial charge in [0, 0.05) is 16.9 Å². The van der Waals surface area contributed by atoms with Gasteiger partial charge in [-0.25, -0.2) is 9.18 Å². The lowest BCUT2D eigenvalue weighted by Gasteiger charge is -2.10. The first-order chi connectivity index (χ1) is 9.60. The molecule has 0 bridgehead atoms. The molecule has 0 spiro atoms. The van der Waals surface area contributed by atoms with Crippen LogP contribution >= 0.6 is 0 Å². The molecule has 0 heterocycles. The minimum absolute atomic E-state index is 0.338. The highest BCUT2D eigenvalue weighted by Crippen LogP contribution is 2.18. The van der Waals surface area contributed by atoms with Crippen LogP contribution in [0.1, 0.15) is 18.1 Å². The Labute approximate surface area is 117 Å². The number of rotatable bonds is 3. The first kappa shape index (κ1) is 14.1. The molecule has 2 aromatic carbocycles. The molecule has 0 aliphatic carbocycles. The lowest BCUT2D eigenvalue weighted by atomic mass is 10.1. The minimum Gasteiger partial charge on any atom is -0.308 e. The second kappa shape index (κ2) is 6.19. The number of amides is 2. The molecular formula is C16H17FN2O. The molecule has 4 heteroatoms. The first-order valence-corrected chi connectivity index (χ1v) is 6.52. The van der Waals surface area contributed by atoms with Crippen molar-refractivity contribution in [1.29, 1.82) is 0 Å². The number of carbonyl (C=O) groups is 1. The molecule has 104 valence electrons. The van der Waals surface area contributed by atoms with E-state index in [0.717, 1.165) is 6.42 Å². The highest BCUT2D eigenvalue weighted by Gasteiger charge is 2.07. The van der Waals surface area contributed by atoms with E-state index in [-0.39, 0.29) is 11.8 Å². The van der Waals surface area contributed by atoms with Crippen LogP contribution in [-0.2, 0) is 6.42 Å². The monoisotopic (exact) mass is 272 g/mol. The predicted molar refractivity (Wildman–Crippen MR) is 79.6 cm³/mol. The smallest absolute Gasteiger partial charge is 0.308 e. The molecule has 2 aromatic rings. The zero-order chi connectivity index (χ0) is 14.5. The van der Waals surface area contributed by atoms with Crippen LogP contribution in [0, 0.1) is 12.7 Å². The summed E-state index contributed by atoms with van der Waals surface area (Å²) in [6.07, 6.45) is 0.953. The van der Waals surface area contributed by atoms with Gasteiger partial charge in [-0.05, 0) is 43.2 Å². The Morgan fingerprint density at radius 1 is 1.10 bits per heavy atom. The fraction of sp³-hybridized carbons (Fsp3) is 0.188. The van der Waals surface area contributed by atoms with E-state index in [4.69, 9.17) is 0 Å². The van der Waals surface area contributed by atoms with E-state index in [2.05, 4.69) is 17.6 Å². The molecule has 0 aliphatic heterocycles. The Balaban J connectivity index is 2.03. The Bertz CT molecular complexity index is 608. The van der Waals surface area contributed by atoms with Gasteiger partial charge < -0.3 is 10.6 Å². The second-order valence-corrected chi connectivity index (χ2v) is 4.54. The highest BCUT2D eigenvalue weighted by atomic mass is 19.1. The van der Waals surface area contributed by atoms with Gasteiger partial charge in [0.05, 0.1) is 0 Å². The average Bonchev–Trinajstić information content (AvgIpc) is 2.45. The molecule has 0 saturated heterocycles. The summed E-state index contributed by atoms with van der Waals surface area (Å²) in [4.78, 5) is 11.9. The molecule has 2 amide bonds. The molecule has 3 nitrogen and oxygen atoms in total. The van der Waals surface area contributed by atoms with Gasteiger partial charge in [-0.2, -0.15) is 0 Å². The quantitative estimate of drug-likeness (QED) is 0.857. The summed E-state index contributed by atoms with van der Waals surface area (Å²) < 4.78 is 13.4. The van der Waals surface area contributed by atoms with Gasteiger partial charge in [-0.1, -0.05) is 25.1 Å². The second-order valence-electron chi connectivity index (χ2n) is 4.54. The third-order valence-corrected chi connectivity index (χ3v) is 3.14. The van der Waals surface area contributed by atoms with Crippen molar-refractivity contribution >= 4 is 17.4 Å². The van der Waals surface area contributed by atoms with Crippen molar-refractivity contribution in [3.63, 3.8) is 0 Å². The van der Waals surface area contributed by atoms with Gasteiger partial charge in [0.2, 0.25) is 0 Å². The fourth-order valence-corrected chi connectivity index (χ4v) is 1.85.